The Bertz CT molecular complexity index is 652. The number of hydrogen-bond acceptors (Lipinski definition) is 4. The van der Waals surface area contributed by atoms with Crippen LogP contribution in [0.3, 0.4) is 0 Å². The van der Waals surface area contributed by atoms with Gasteiger partial charge in [0.1, 0.15) is 0 Å². The predicted octanol–water partition coefficient (Wildman–Crippen LogP) is 1.63. The summed E-state index contributed by atoms with van der Waals surface area (Å²) in [7, 11) is 3.24. The first-order chi connectivity index (χ1) is 10.2. The average Bonchev–Trinajstić information content (AvgIpc) is 3.06. The largest absolute Gasteiger partial charge is 0.493 e. The molecule has 1 amide bonds. The molecule has 0 unspecified atom stereocenters. The summed E-state index contributed by atoms with van der Waals surface area (Å²) in [5.74, 6) is 1.41. The molecular formula is C15H17N3O3. The smallest absolute Gasteiger partial charge is 0.257 e. The van der Waals surface area contributed by atoms with Crippen molar-refractivity contribution in [3.63, 3.8) is 0 Å². The standard InChI is InChI=1S/C15H17N3O3/c1-20-13-5-10-3-4-18(9-11(10)6-14(13)21-2)15(19)12-7-16-17-8-12/h5-8H,3-4,9H2,1-2H3,(H,16,17). The van der Waals surface area contributed by atoms with Crippen LogP contribution in [0.15, 0.2) is 24.5 Å². The second-order valence-corrected chi connectivity index (χ2v) is 4.94. The minimum atomic E-state index is -0.0100. The summed E-state index contributed by atoms with van der Waals surface area (Å²) in [6.07, 6.45) is 3.97. The van der Waals surface area contributed by atoms with Crippen molar-refractivity contribution in [2.75, 3.05) is 20.8 Å². The Hall–Kier alpha value is -2.50. The second-order valence-electron chi connectivity index (χ2n) is 4.94. The van der Waals surface area contributed by atoms with E-state index in [1.165, 1.54) is 5.56 Å². The van der Waals surface area contributed by atoms with E-state index in [0.717, 1.165) is 17.7 Å². The fourth-order valence-electron chi connectivity index (χ4n) is 2.61. The number of nitrogens with zero attached hydrogens (tertiary/aromatic N) is 2. The van der Waals surface area contributed by atoms with Crippen molar-refractivity contribution in [1.29, 1.82) is 0 Å². The maximum Gasteiger partial charge on any atom is 0.257 e. The Kier molecular flexibility index (Phi) is 3.51. The van der Waals surface area contributed by atoms with Crippen molar-refractivity contribution < 1.29 is 14.3 Å². The third kappa shape index (κ3) is 2.44. The van der Waals surface area contributed by atoms with Crippen LogP contribution in [0.4, 0.5) is 0 Å². The molecular weight excluding hydrogens is 270 g/mol. The molecule has 2 heterocycles. The van der Waals surface area contributed by atoms with Crippen LogP contribution < -0.4 is 9.47 Å². The van der Waals surface area contributed by atoms with Gasteiger partial charge < -0.3 is 14.4 Å². The number of aromatic amines is 1. The first-order valence-electron chi connectivity index (χ1n) is 6.74. The van der Waals surface area contributed by atoms with E-state index in [1.54, 1.807) is 26.6 Å². The summed E-state index contributed by atoms with van der Waals surface area (Å²) < 4.78 is 10.6. The predicted molar refractivity (Wildman–Crippen MR) is 76.6 cm³/mol. The first kappa shape index (κ1) is 13.5. The van der Waals surface area contributed by atoms with Crippen molar-refractivity contribution in [2.24, 2.45) is 0 Å². The number of carbonyl (C=O) groups is 1. The number of fused-ring (bicyclic) bond motifs is 1. The van der Waals surface area contributed by atoms with E-state index in [2.05, 4.69) is 10.2 Å². The minimum Gasteiger partial charge on any atom is -0.493 e. The Morgan fingerprint density at radius 3 is 2.57 bits per heavy atom. The number of ether oxygens (including phenoxy) is 2. The Labute approximate surface area is 122 Å². The third-order valence-electron chi connectivity index (χ3n) is 3.75. The van der Waals surface area contributed by atoms with Gasteiger partial charge in [0.2, 0.25) is 0 Å². The minimum absolute atomic E-state index is 0.0100. The number of rotatable bonds is 3. The molecule has 110 valence electrons. The molecule has 1 aromatic carbocycles. The van der Waals surface area contributed by atoms with Crippen LogP contribution in [0.1, 0.15) is 21.5 Å². The van der Waals surface area contributed by atoms with E-state index in [9.17, 15) is 4.79 Å². The molecule has 1 aromatic heterocycles. The topological polar surface area (TPSA) is 67.5 Å². The number of amides is 1. The monoisotopic (exact) mass is 287 g/mol. The molecule has 0 saturated carbocycles. The quantitative estimate of drug-likeness (QED) is 0.931. The molecule has 6 nitrogen and oxygen atoms in total. The molecule has 1 N–H and O–H groups in total. The summed E-state index contributed by atoms with van der Waals surface area (Å²) in [6, 6.07) is 3.94. The van der Waals surface area contributed by atoms with Gasteiger partial charge in [0, 0.05) is 19.3 Å². The van der Waals surface area contributed by atoms with Crippen molar-refractivity contribution in [3.05, 3.63) is 41.2 Å². The van der Waals surface area contributed by atoms with Crippen molar-refractivity contribution in [1.82, 2.24) is 15.1 Å². The van der Waals surface area contributed by atoms with Gasteiger partial charge in [-0.3, -0.25) is 9.89 Å². The lowest BCUT2D eigenvalue weighted by Gasteiger charge is -2.29. The molecule has 0 saturated heterocycles. The van der Waals surface area contributed by atoms with E-state index in [4.69, 9.17) is 9.47 Å². The summed E-state index contributed by atoms with van der Waals surface area (Å²) >= 11 is 0. The van der Waals surface area contributed by atoms with Crippen LogP contribution >= 0.6 is 0 Å². The molecule has 1 aliphatic rings. The van der Waals surface area contributed by atoms with Gasteiger partial charge in [0.05, 0.1) is 26.0 Å². The lowest BCUT2D eigenvalue weighted by molar-refractivity contribution is 0.0734. The fraction of sp³-hybridized carbons (Fsp3) is 0.333. The molecule has 0 bridgehead atoms. The molecule has 21 heavy (non-hydrogen) atoms. The molecule has 0 radical (unpaired) electrons. The van der Waals surface area contributed by atoms with Gasteiger partial charge in [-0.2, -0.15) is 5.10 Å². The maximum absolute atomic E-state index is 12.4. The highest BCUT2D eigenvalue weighted by Gasteiger charge is 2.24. The van der Waals surface area contributed by atoms with Gasteiger partial charge >= 0.3 is 0 Å². The fourth-order valence-corrected chi connectivity index (χ4v) is 2.61. The normalized spacial score (nSPS) is 13.7. The van der Waals surface area contributed by atoms with Crippen LogP contribution in [-0.4, -0.2) is 41.8 Å². The summed E-state index contributed by atoms with van der Waals surface area (Å²) in [5.41, 5.74) is 2.87. The molecule has 1 aliphatic heterocycles. The summed E-state index contributed by atoms with van der Waals surface area (Å²) in [6.45, 7) is 1.26. The van der Waals surface area contributed by atoms with E-state index in [-0.39, 0.29) is 5.91 Å². The molecule has 2 aromatic rings. The first-order valence-corrected chi connectivity index (χ1v) is 6.74. The van der Waals surface area contributed by atoms with Crippen LogP contribution in [0.5, 0.6) is 11.5 Å². The number of hydrogen-bond donors (Lipinski definition) is 1. The van der Waals surface area contributed by atoms with E-state index in [0.29, 0.717) is 24.4 Å². The van der Waals surface area contributed by atoms with Crippen molar-refractivity contribution in [3.8, 4) is 11.5 Å². The van der Waals surface area contributed by atoms with E-state index < -0.39 is 0 Å². The van der Waals surface area contributed by atoms with Crippen molar-refractivity contribution in [2.45, 2.75) is 13.0 Å². The highest BCUT2D eigenvalue weighted by molar-refractivity contribution is 5.93. The summed E-state index contributed by atoms with van der Waals surface area (Å²) in [5, 5.41) is 6.49. The molecule has 0 atom stereocenters. The Morgan fingerprint density at radius 1 is 1.24 bits per heavy atom. The van der Waals surface area contributed by atoms with Gasteiger partial charge in [0.25, 0.3) is 5.91 Å². The maximum atomic E-state index is 12.4. The zero-order chi connectivity index (χ0) is 14.8. The van der Waals surface area contributed by atoms with Crippen LogP contribution in [0.2, 0.25) is 0 Å². The van der Waals surface area contributed by atoms with Crippen LogP contribution in [0, 0.1) is 0 Å². The summed E-state index contributed by atoms with van der Waals surface area (Å²) in [4.78, 5) is 14.2. The highest BCUT2D eigenvalue weighted by Crippen LogP contribution is 2.33. The molecule has 6 heteroatoms. The van der Waals surface area contributed by atoms with Gasteiger partial charge in [-0.05, 0) is 29.7 Å². The number of carbonyl (C=O) groups excluding carboxylic acids is 1. The van der Waals surface area contributed by atoms with E-state index >= 15 is 0 Å². The number of aromatic nitrogens is 2. The SMILES string of the molecule is COc1cc2c(cc1OC)CN(C(=O)c1cn[nH]c1)CC2. The lowest BCUT2D eigenvalue weighted by atomic mass is 9.98. The molecule has 0 aliphatic carbocycles. The molecule has 0 spiro atoms. The second kappa shape index (κ2) is 5.47. The number of nitrogens with one attached hydrogen (secondary N) is 1. The van der Waals surface area contributed by atoms with Gasteiger partial charge in [-0.25, -0.2) is 0 Å². The average molecular weight is 287 g/mol. The van der Waals surface area contributed by atoms with E-state index in [1.807, 2.05) is 17.0 Å². The van der Waals surface area contributed by atoms with Gasteiger partial charge in [-0.1, -0.05) is 0 Å². The van der Waals surface area contributed by atoms with Gasteiger partial charge in [0.15, 0.2) is 11.5 Å². The lowest BCUT2D eigenvalue weighted by Crippen LogP contribution is -2.35. The van der Waals surface area contributed by atoms with Crippen molar-refractivity contribution >= 4 is 5.91 Å². The zero-order valence-corrected chi connectivity index (χ0v) is 12.0. The highest BCUT2D eigenvalue weighted by atomic mass is 16.5. The number of H-pyrrole nitrogens is 1. The van der Waals surface area contributed by atoms with Crippen LogP contribution in [0.25, 0.3) is 0 Å². The molecule has 3 rings (SSSR count). The zero-order valence-electron chi connectivity index (χ0n) is 12.0. The molecule has 0 fully saturated rings. The van der Waals surface area contributed by atoms with Crippen LogP contribution in [-0.2, 0) is 13.0 Å². The number of methoxy groups -OCH3 is 2. The third-order valence-corrected chi connectivity index (χ3v) is 3.75. The Morgan fingerprint density at radius 2 is 1.95 bits per heavy atom. The Balaban J connectivity index is 1.86. The van der Waals surface area contributed by atoms with Gasteiger partial charge in [-0.15, -0.1) is 0 Å². The number of benzene rings is 1.